The minimum Gasteiger partial charge on any atom is -0.462 e. The molecule has 0 aromatic rings. The summed E-state index contributed by atoms with van der Waals surface area (Å²) < 4.78 is 16.9. The molecule has 0 N–H and O–H groups in total. The smallest absolute Gasteiger partial charge is 0.306 e. The van der Waals surface area contributed by atoms with Crippen LogP contribution in [0.3, 0.4) is 0 Å². The zero-order valence-corrected chi connectivity index (χ0v) is 46.3. The van der Waals surface area contributed by atoms with Gasteiger partial charge < -0.3 is 14.2 Å². The molecule has 0 heterocycles. The van der Waals surface area contributed by atoms with Crippen LogP contribution in [-0.2, 0) is 28.6 Å². The van der Waals surface area contributed by atoms with Gasteiger partial charge in [-0.3, -0.25) is 14.4 Å². The third-order valence-electron chi connectivity index (χ3n) is 13.6. The van der Waals surface area contributed by atoms with Crippen LogP contribution < -0.4 is 0 Å². The van der Waals surface area contributed by atoms with Crippen molar-refractivity contribution in [1.82, 2.24) is 0 Å². The van der Waals surface area contributed by atoms with Crippen molar-refractivity contribution in [3.63, 3.8) is 0 Å². The highest BCUT2D eigenvalue weighted by Crippen LogP contribution is 2.17. The molecular weight excluding hydrogens is 853 g/mol. The molecule has 1 unspecified atom stereocenters. The summed E-state index contributed by atoms with van der Waals surface area (Å²) in [6.07, 6.45) is 70.1. The molecule has 69 heavy (non-hydrogen) atoms. The Morgan fingerprint density at radius 3 is 0.870 bits per heavy atom. The van der Waals surface area contributed by atoms with E-state index in [1.165, 1.54) is 212 Å². The lowest BCUT2D eigenvalue weighted by Crippen LogP contribution is -2.30. The highest BCUT2D eigenvalue weighted by molar-refractivity contribution is 5.71. The van der Waals surface area contributed by atoms with Crippen molar-refractivity contribution in [1.29, 1.82) is 0 Å². The Labute approximate surface area is 429 Å². The van der Waals surface area contributed by atoms with Crippen LogP contribution in [0.4, 0.5) is 0 Å². The van der Waals surface area contributed by atoms with E-state index in [9.17, 15) is 14.4 Å². The van der Waals surface area contributed by atoms with Crippen LogP contribution in [-0.4, -0.2) is 37.2 Å². The predicted molar refractivity (Wildman–Crippen MR) is 298 cm³/mol. The van der Waals surface area contributed by atoms with E-state index in [0.29, 0.717) is 19.3 Å². The molecule has 0 aromatic heterocycles. The second-order valence-corrected chi connectivity index (χ2v) is 20.6. The summed E-state index contributed by atoms with van der Waals surface area (Å²) in [5, 5.41) is 0. The van der Waals surface area contributed by atoms with Crippen molar-refractivity contribution in [2.45, 2.75) is 335 Å². The Bertz CT molecular complexity index is 1160. The van der Waals surface area contributed by atoms with Gasteiger partial charge in [-0.2, -0.15) is 0 Å². The molecule has 0 rings (SSSR count). The number of rotatable bonds is 56. The Balaban J connectivity index is 4.22. The number of hydrogen-bond donors (Lipinski definition) is 0. The second-order valence-electron chi connectivity index (χ2n) is 20.6. The average molecular weight is 970 g/mol. The van der Waals surface area contributed by atoms with Gasteiger partial charge in [-0.25, -0.2) is 0 Å². The van der Waals surface area contributed by atoms with Crippen LogP contribution in [0.5, 0.6) is 0 Å². The molecule has 0 aliphatic rings. The lowest BCUT2D eigenvalue weighted by molar-refractivity contribution is -0.167. The van der Waals surface area contributed by atoms with Crippen LogP contribution in [0.15, 0.2) is 36.5 Å². The van der Waals surface area contributed by atoms with Gasteiger partial charge >= 0.3 is 17.9 Å². The summed E-state index contributed by atoms with van der Waals surface area (Å²) in [6.45, 7) is 6.61. The fourth-order valence-electron chi connectivity index (χ4n) is 9.01. The number of ether oxygens (including phenoxy) is 3. The Hall–Kier alpha value is -2.37. The highest BCUT2D eigenvalue weighted by Gasteiger charge is 2.19. The van der Waals surface area contributed by atoms with E-state index in [2.05, 4.69) is 57.2 Å². The third-order valence-corrected chi connectivity index (χ3v) is 13.6. The number of hydrogen-bond acceptors (Lipinski definition) is 6. The maximum Gasteiger partial charge on any atom is 0.306 e. The zero-order valence-electron chi connectivity index (χ0n) is 46.3. The summed E-state index contributed by atoms with van der Waals surface area (Å²) in [7, 11) is 0. The molecule has 6 heteroatoms. The van der Waals surface area contributed by atoms with Gasteiger partial charge in [0.05, 0.1) is 0 Å². The maximum absolute atomic E-state index is 12.9. The van der Waals surface area contributed by atoms with Crippen molar-refractivity contribution < 1.29 is 28.6 Å². The van der Waals surface area contributed by atoms with Crippen molar-refractivity contribution in [2.24, 2.45) is 0 Å². The van der Waals surface area contributed by atoms with E-state index in [1.807, 2.05) is 0 Å². The molecule has 1 atom stereocenters. The minimum absolute atomic E-state index is 0.0721. The van der Waals surface area contributed by atoms with E-state index in [-0.39, 0.29) is 31.1 Å². The highest BCUT2D eigenvalue weighted by atomic mass is 16.6. The summed E-state index contributed by atoms with van der Waals surface area (Å²) in [6, 6.07) is 0. The van der Waals surface area contributed by atoms with Crippen molar-refractivity contribution >= 4 is 17.9 Å². The summed E-state index contributed by atoms with van der Waals surface area (Å²) in [4.78, 5) is 38.1. The van der Waals surface area contributed by atoms with Crippen LogP contribution in [0.2, 0.25) is 0 Å². The normalized spacial score (nSPS) is 12.2. The first-order chi connectivity index (χ1) is 34.0. The van der Waals surface area contributed by atoms with E-state index in [4.69, 9.17) is 14.2 Å². The molecule has 0 saturated carbocycles. The summed E-state index contributed by atoms with van der Waals surface area (Å²) >= 11 is 0. The fourth-order valence-corrected chi connectivity index (χ4v) is 9.01. The standard InChI is InChI=1S/C63H116O6/c1-4-7-10-13-16-19-22-24-26-28-30-31-32-33-34-36-37-39-41-44-47-50-53-56-62(65)68-59-60(58-67-61(64)55-52-49-46-43-21-18-15-12-9-6-3)69-63(66)57-54-51-48-45-42-40-38-35-29-27-25-23-20-17-14-11-8-5-2/h12,15,22,24,28,30,60H,4-11,13-14,16-21,23,25-27,29,31-59H2,1-3H3/b15-12-,24-22-,30-28-. The molecule has 0 fully saturated rings. The average Bonchev–Trinajstić information content (AvgIpc) is 3.35. The first-order valence-electron chi connectivity index (χ1n) is 30.5. The van der Waals surface area contributed by atoms with Crippen LogP contribution in [0, 0.1) is 0 Å². The molecule has 0 aliphatic heterocycles. The molecule has 0 radical (unpaired) electrons. The lowest BCUT2D eigenvalue weighted by Gasteiger charge is -2.18. The van der Waals surface area contributed by atoms with Gasteiger partial charge in [0.25, 0.3) is 0 Å². The molecule has 6 nitrogen and oxygen atoms in total. The summed E-state index contributed by atoms with van der Waals surface area (Å²) in [5.74, 6) is -0.866. The van der Waals surface area contributed by atoms with Gasteiger partial charge in [-0.05, 0) is 70.6 Å². The topological polar surface area (TPSA) is 78.9 Å². The van der Waals surface area contributed by atoms with Crippen molar-refractivity contribution in [2.75, 3.05) is 13.2 Å². The molecule has 0 amide bonds. The van der Waals surface area contributed by atoms with Crippen molar-refractivity contribution in [3.8, 4) is 0 Å². The van der Waals surface area contributed by atoms with Gasteiger partial charge in [0.2, 0.25) is 0 Å². The molecule has 0 saturated heterocycles. The largest absolute Gasteiger partial charge is 0.462 e. The Kier molecular flexibility index (Phi) is 56.2. The first kappa shape index (κ1) is 66.6. The predicted octanol–water partition coefficient (Wildman–Crippen LogP) is 20.4. The summed E-state index contributed by atoms with van der Waals surface area (Å²) in [5.41, 5.74) is 0. The molecule has 0 aliphatic carbocycles. The molecule has 0 spiro atoms. The van der Waals surface area contributed by atoms with E-state index in [0.717, 1.165) is 77.0 Å². The molecule has 404 valence electrons. The molecule has 0 bridgehead atoms. The van der Waals surface area contributed by atoms with Crippen molar-refractivity contribution in [3.05, 3.63) is 36.5 Å². The quantitative estimate of drug-likeness (QED) is 0.0261. The monoisotopic (exact) mass is 969 g/mol. The van der Waals surface area contributed by atoms with Crippen LogP contribution in [0.25, 0.3) is 0 Å². The number of carbonyl (C=O) groups is 3. The lowest BCUT2D eigenvalue weighted by atomic mass is 10.0. The van der Waals surface area contributed by atoms with Crippen LogP contribution >= 0.6 is 0 Å². The Morgan fingerprint density at radius 2 is 0.551 bits per heavy atom. The zero-order chi connectivity index (χ0) is 50.0. The number of unbranched alkanes of at least 4 members (excludes halogenated alkanes) is 39. The first-order valence-corrected chi connectivity index (χ1v) is 30.5. The molecular formula is C63H116O6. The number of allylic oxidation sites excluding steroid dienone is 6. The number of esters is 3. The third kappa shape index (κ3) is 56.4. The van der Waals surface area contributed by atoms with E-state index < -0.39 is 6.10 Å². The Morgan fingerprint density at radius 1 is 0.290 bits per heavy atom. The van der Waals surface area contributed by atoms with E-state index >= 15 is 0 Å². The van der Waals surface area contributed by atoms with Gasteiger partial charge in [-0.15, -0.1) is 0 Å². The molecule has 0 aromatic carbocycles. The van der Waals surface area contributed by atoms with E-state index in [1.54, 1.807) is 0 Å². The SMILES string of the molecule is CCC/C=C\CCCCCCCC(=O)OCC(COC(=O)CCCCCCCCCCCCC/C=C\C/C=C\CCCCCCC)OC(=O)CCCCCCCCCCCCCCCCCCCC. The maximum atomic E-state index is 12.9. The van der Waals surface area contributed by atoms with Crippen LogP contribution in [0.1, 0.15) is 329 Å². The minimum atomic E-state index is -0.773. The van der Waals surface area contributed by atoms with Gasteiger partial charge in [0, 0.05) is 19.3 Å². The number of carbonyl (C=O) groups excluding carboxylic acids is 3. The second kappa shape index (κ2) is 58.2. The van der Waals surface area contributed by atoms with Gasteiger partial charge in [0.1, 0.15) is 13.2 Å². The fraction of sp³-hybridized carbons (Fsp3) is 0.857. The van der Waals surface area contributed by atoms with Gasteiger partial charge in [0.15, 0.2) is 6.10 Å². The van der Waals surface area contributed by atoms with Gasteiger partial charge in [-0.1, -0.05) is 276 Å².